The van der Waals surface area contributed by atoms with E-state index in [1.54, 1.807) is 25.3 Å². The summed E-state index contributed by atoms with van der Waals surface area (Å²) < 4.78 is 10.1. The summed E-state index contributed by atoms with van der Waals surface area (Å²) in [7, 11) is 1.56. The predicted molar refractivity (Wildman–Crippen MR) is 77.3 cm³/mol. The van der Waals surface area contributed by atoms with Crippen molar-refractivity contribution in [3.8, 4) is 5.75 Å². The van der Waals surface area contributed by atoms with Crippen molar-refractivity contribution in [2.45, 2.75) is 19.4 Å². The molecule has 0 saturated heterocycles. The van der Waals surface area contributed by atoms with E-state index in [1.165, 1.54) is 6.08 Å². The van der Waals surface area contributed by atoms with E-state index in [4.69, 9.17) is 14.6 Å². The first-order chi connectivity index (χ1) is 9.69. The molecule has 0 heterocycles. The lowest BCUT2D eigenvalue weighted by molar-refractivity contribution is -0.117. The molecule has 0 radical (unpaired) electrons. The van der Waals surface area contributed by atoms with Gasteiger partial charge in [-0.1, -0.05) is 19.1 Å². The molecule has 0 spiro atoms. The van der Waals surface area contributed by atoms with Gasteiger partial charge in [0.25, 0.3) is 0 Å². The minimum atomic E-state index is -0.217. The summed E-state index contributed by atoms with van der Waals surface area (Å²) in [6, 6.07) is 7.10. The third-order valence-corrected chi connectivity index (χ3v) is 2.71. The Labute approximate surface area is 119 Å². The van der Waals surface area contributed by atoms with Gasteiger partial charge in [0.05, 0.1) is 12.6 Å². The van der Waals surface area contributed by atoms with E-state index < -0.39 is 0 Å². The number of benzene rings is 1. The highest BCUT2D eigenvalue weighted by atomic mass is 16.7. The largest absolute Gasteiger partial charge is 0.468 e. The van der Waals surface area contributed by atoms with Crippen molar-refractivity contribution in [2.75, 3.05) is 20.5 Å². The smallest absolute Gasteiger partial charge is 0.244 e. The highest BCUT2D eigenvalue weighted by Gasteiger charge is 2.05. The Kier molecular flexibility index (Phi) is 7.39. The first kappa shape index (κ1) is 16.2. The van der Waals surface area contributed by atoms with Gasteiger partial charge >= 0.3 is 0 Å². The van der Waals surface area contributed by atoms with Gasteiger partial charge in [0.2, 0.25) is 5.91 Å². The predicted octanol–water partition coefficient (Wildman–Crippen LogP) is 1.57. The highest BCUT2D eigenvalue weighted by Crippen LogP contribution is 2.13. The van der Waals surface area contributed by atoms with E-state index in [1.807, 2.05) is 19.1 Å². The van der Waals surface area contributed by atoms with Crippen molar-refractivity contribution in [3.05, 3.63) is 35.9 Å². The zero-order valence-corrected chi connectivity index (χ0v) is 11.8. The molecular weight excluding hydrogens is 258 g/mol. The maximum atomic E-state index is 11.6. The Balaban J connectivity index is 2.50. The van der Waals surface area contributed by atoms with Crippen LogP contribution in [0.2, 0.25) is 0 Å². The van der Waals surface area contributed by atoms with E-state index in [2.05, 4.69) is 5.32 Å². The van der Waals surface area contributed by atoms with Gasteiger partial charge in [-0.2, -0.15) is 0 Å². The number of aliphatic hydroxyl groups excluding tert-OH is 1. The average molecular weight is 279 g/mol. The second-order valence-corrected chi connectivity index (χ2v) is 4.25. The standard InChI is InChI=1S/C15H21NO4/c1-3-13(10-17)16-15(18)9-6-12-4-7-14(8-5-12)20-11-19-2/h4-9,13,17H,3,10-11H2,1-2H3,(H,16,18)/b9-6+. The van der Waals surface area contributed by atoms with E-state index >= 15 is 0 Å². The fraction of sp³-hybridized carbons (Fsp3) is 0.400. The Hall–Kier alpha value is -1.85. The first-order valence-corrected chi connectivity index (χ1v) is 6.50. The maximum absolute atomic E-state index is 11.6. The molecule has 0 aliphatic heterocycles. The van der Waals surface area contributed by atoms with Gasteiger partial charge < -0.3 is 19.9 Å². The quantitative estimate of drug-likeness (QED) is 0.560. The monoisotopic (exact) mass is 279 g/mol. The first-order valence-electron chi connectivity index (χ1n) is 6.50. The molecule has 0 aliphatic rings. The van der Waals surface area contributed by atoms with E-state index in [-0.39, 0.29) is 25.3 Å². The summed E-state index contributed by atoms with van der Waals surface area (Å²) in [6.45, 7) is 2.06. The Bertz CT molecular complexity index is 424. The van der Waals surface area contributed by atoms with Crippen molar-refractivity contribution in [1.29, 1.82) is 0 Å². The zero-order chi connectivity index (χ0) is 14.8. The lowest BCUT2D eigenvalue weighted by atomic mass is 10.2. The highest BCUT2D eigenvalue weighted by molar-refractivity contribution is 5.91. The van der Waals surface area contributed by atoms with Gasteiger partial charge in [-0.15, -0.1) is 0 Å². The average Bonchev–Trinajstić information content (AvgIpc) is 2.49. The molecule has 5 heteroatoms. The van der Waals surface area contributed by atoms with E-state index in [9.17, 15) is 4.79 Å². The van der Waals surface area contributed by atoms with Crippen molar-refractivity contribution >= 4 is 12.0 Å². The fourth-order valence-electron chi connectivity index (χ4n) is 1.50. The van der Waals surface area contributed by atoms with Crippen LogP contribution in [-0.2, 0) is 9.53 Å². The lowest BCUT2D eigenvalue weighted by Crippen LogP contribution is -2.35. The van der Waals surface area contributed by atoms with Crippen LogP contribution in [-0.4, -0.2) is 37.6 Å². The number of nitrogens with one attached hydrogen (secondary N) is 1. The number of aliphatic hydroxyl groups is 1. The molecule has 0 fully saturated rings. The number of ether oxygens (including phenoxy) is 2. The third-order valence-electron chi connectivity index (χ3n) is 2.71. The third kappa shape index (κ3) is 5.86. The number of rotatable bonds is 8. The van der Waals surface area contributed by atoms with Crippen LogP contribution in [0.15, 0.2) is 30.3 Å². The summed E-state index contributed by atoms with van der Waals surface area (Å²) in [5.41, 5.74) is 0.891. The van der Waals surface area contributed by atoms with Gasteiger partial charge in [0.1, 0.15) is 5.75 Å². The molecule has 1 aromatic carbocycles. The second-order valence-electron chi connectivity index (χ2n) is 4.25. The molecule has 2 N–H and O–H groups in total. The number of methoxy groups -OCH3 is 1. The van der Waals surface area contributed by atoms with Gasteiger partial charge in [0, 0.05) is 13.2 Å². The molecule has 5 nitrogen and oxygen atoms in total. The van der Waals surface area contributed by atoms with Gasteiger partial charge in [0.15, 0.2) is 6.79 Å². The molecule has 0 bridgehead atoms. The van der Waals surface area contributed by atoms with Crippen LogP contribution in [0.5, 0.6) is 5.75 Å². The summed E-state index contributed by atoms with van der Waals surface area (Å²) in [4.78, 5) is 11.6. The van der Waals surface area contributed by atoms with Crippen LogP contribution in [0.25, 0.3) is 6.08 Å². The zero-order valence-electron chi connectivity index (χ0n) is 11.8. The number of carbonyl (C=O) groups excluding carboxylic acids is 1. The molecule has 0 aromatic heterocycles. The molecule has 20 heavy (non-hydrogen) atoms. The number of hydrogen-bond acceptors (Lipinski definition) is 4. The van der Waals surface area contributed by atoms with Crippen LogP contribution in [0.3, 0.4) is 0 Å². The second kappa shape index (κ2) is 9.12. The normalized spacial score (nSPS) is 12.3. The number of carbonyl (C=O) groups is 1. The van der Waals surface area contributed by atoms with E-state index in [0.717, 1.165) is 5.56 Å². The van der Waals surface area contributed by atoms with Crippen LogP contribution in [0.1, 0.15) is 18.9 Å². The minimum Gasteiger partial charge on any atom is -0.468 e. The Morgan fingerprint density at radius 2 is 2.10 bits per heavy atom. The SMILES string of the molecule is CCC(CO)NC(=O)/C=C/c1ccc(OCOC)cc1. The lowest BCUT2D eigenvalue weighted by Gasteiger charge is -2.11. The Morgan fingerprint density at radius 1 is 1.40 bits per heavy atom. The van der Waals surface area contributed by atoms with Gasteiger partial charge in [-0.05, 0) is 30.2 Å². The summed E-state index contributed by atoms with van der Waals surface area (Å²) >= 11 is 0. The van der Waals surface area contributed by atoms with Crippen molar-refractivity contribution in [2.24, 2.45) is 0 Å². The summed E-state index contributed by atoms with van der Waals surface area (Å²) in [6.07, 6.45) is 3.85. The molecular formula is C15H21NO4. The molecule has 0 aliphatic carbocycles. The molecule has 1 atom stereocenters. The minimum absolute atomic E-state index is 0.0540. The molecule has 1 amide bonds. The summed E-state index contributed by atoms with van der Waals surface area (Å²) in [5.74, 6) is 0.491. The van der Waals surface area contributed by atoms with Crippen molar-refractivity contribution in [1.82, 2.24) is 5.32 Å². The van der Waals surface area contributed by atoms with E-state index in [0.29, 0.717) is 12.2 Å². The number of hydrogen-bond donors (Lipinski definition) is 2. The van der Waals surface area contributed by atoms with Crippen molar-refractivity contribution < 1.29 is 19.4 Å². The molecule has 1 rings (SSSR count). The van der Waals surface area contributed by atoms with Crippen LogP contribution < -0.4 is 10.1 Å². The number of amides is 1. The topological polar surface area (TPSA) is 67.8 Å². The molecule has 1 unspecified atom stereocenters. The molecule has 110 valence electrons. The van der Waals surface area contributed by atoms with Gasteiger partial charge in [-0.25, -0.2) is 0 Å². The van der Waals surface area contributed by atoms with Crippen LogP contribution in [0, 0.1) is 0 Å². The van der Waals surface area contributed by atoms with Crippen LogP contribution >= 0.6 is 0 Å². The maximum Gasteiger partial charge on any atom is 0.244 e. The molecule has 1 aromatic rings. The summed E-state index contributed by atoms with van der Waals surface area (Å²) in [5, 5.41) is 11.7. The Morgan fingerprint density at radius 3 is 2.65 bits per heavy atom. The molecule has 0 saturated carbocycles. The van der Waals surface area contributed by atoms with Crippen molar-refractivity contribution in [3.63, 3.8) is 0 Å². The fourth-order valence-corrected chi connectivity index (χ4v) is 1.50. The van der Waals surface area contributed by atoms with Crippen LogP contribution in [0.4, 0.5) is 0 Å². The van der Waals surface area contributed by atoms with Gasteiger partial charge in [-0.3, -0.25) is 4.79 Å².